The van der Waals surface area contributed by atoms with Gasteiger partial charge in [-0.3, -0.25) is 0 Å². The Hall–Kier alpha value is -2.23. The van der Waals surface area contributed by atoms with Gasteiger partial charge in [-0.15, -0.1) is 0 Å². The van der Waals surface area contributed by atoms with Crippen LogP contribution in [0.2, 0.25) is 0 Å². The minimum Gasteiger partial charge on any atom is -0.372 e. The first-order chi connectivity index (χ1) is 9.65. The highest BCUT2D eigenvalue weighted by molar-refractivity contribution is 6.48. The van der Waals surface area contributed by atoms with Gasteiger partial charge in [0.2, 0.25) is 0 Å². The van der Waals surface area contributed by atoms with Gasteiger partial charge < -0.3 is 4.90 Å². The van der Waals surface area contributed by atoms with Crippen LogP contribution in [0.15, 0.2) is 42.0 Å². The van der Waals surface area contributed by atoms with E-state index in [9.17, 15) is 0 Å². The van der Waals surface area contributed by atoms with Crippen LogP contribution in [0, 0.1) is 22.7 Å². The predicted octanol–water partition coefficient (Wildman–Crippen LogP) is 4.09. The van der Waals surface area contributed by atoms with Gasteiger partial charge in [-0.25, -0.2) is 0 Å². The highest BCUT2D eigenvalue weighted by Gasteiger charge is 2.02. The van der Waals surface area contributed by atoms with Crippen molar-refractivity contribution in [2.24, 2.45) is 0 Å². The topological polar surface area (TPSA) is 50.8 Å². The molecule has 0 aliphatic heterocycles. The summed E-state index contributed by atoms with van der Waals surface area (Å²) in [5.41, 5.74) is 2.03. The van der Waals surface area contributed by atoms with Crippen molar-refractivity contribution >= 4 is 22.3 Å². The minimum absolute atomic E-state index is 0.0305. The molecular formula is C16H16ClN3. The average Bonchev–Trinajstić information content (AvgIpc) is 2.50. The third-order valence-electron chi connectivity index (χ3n) is 2.91. The Morgan fingerprint density at radius 3 is 2.10 bits per heavy atom. The van der Waals surface area contributed by atoms with Crippen molar-refractivity contribution in [1.29, 1.82) is 10.5 Å². The Morgan fingerprint density at radius 1 is 1.10 bits per heavy atom. The summed E-state index contributed by atoms with van der Waals surface area (Å²) < 4.78 is 0. The van der Waals surface area contributed by atoms with Crippen molar-refractivity contribution in [3.05, 3.63) is 47.6 Å². The minimum atomic E-state index is 0.0305. The van der Waals surface area contributed by atoms with Crippen molar-refractivity contribution in [1.82, 2.24) is 0 Å². The number of benzene rings is 1. The van der Waals surface area contributed by atoms with Gasteiger partial charge in [-0.1, -0.05) is 23.7 Å². The van der Waals surface area contributed by atoms with Gasteiger partial charge >= 0.3 is 0 Å². The van der Waals surface area contributed by atoms with Crippen LogP contribution in [0.3, 0.4) is 0 Å². The molecule has 0 atom stereocenters. The average molecular weight is 286 g/mol. The van der Waals surface area contributed by atoms with Crippen LogP contribution in [-0.4, -0.2) is 13.1 Å². The Morgan fingerprint density at radius 2 is 1.65 bits per heavy atom. The van der Waals surface area contributed by atoms with Crippen LogP contribution in [-0.2, 0) is 0 Å². The smallest absolute Gasteiger partial charge is 0.129 e. The maximum atomic E-state index is 8.64. The zero-order valence-corrected chi connectivity index (χ0v) is 12.4. The van der Waals surface area contributed by atoms with E-state index < -0.39 is 0 Å². The normalized spacial score (nSPS) is 10.3. The number of nitrogens with zero attached hydrogens (tertiary/aromatic N) is 3. The molecule has 0 radical (unpaired) electrons. The summed E-state index contributed by atoms with van der Waals surface area (Å²) in [6.07, 6.45) is 2.98. The molecule has 0 N–H and O–H groups in total. The molecule has 0 spiro atoms. The quantitative estimate of drug-likeness (QED) is 0.605. The summed E-state index contributed by atoms with van der Waals surface area (Å²) >= 11 is 6.15. The molecule has 0 heterocycles. The van der Waals surface area contributed by atoms with Gasteiger partial charge in [0.15, 0.2) is 0 Å². The fraction of sp³-hybridized carbons (Fsp3) is 0.250. The zero-order valence-electron chi connectivity index (χ0n) is 11.6. The molecule has 0 fully saturated rings. The highest BCUT2D eigenvalue weighted by atomic mass is 35.5. The van der Waals surface area contributed by atoms with Crippen molar-refractivity contribution in [2.75, 3.05) is 18.0 Å². The lowest BCUT2D eigenvalue weighted by molar-refractivity contribution is 0.866. The van der Waals surface area contributed by atoms with Crippen LogP contribution in [0.4, 0.5) is 5.69 Å². The standard InChI is InChI=1S/C16H16ClN3/c1-3-20(4-2)15-8-6-14(7-9-15)16(17)10-5-13(11-18)12-19/h5-10H,3-4H2,1-2H3/b16-10-. The molecule has 0 aliphatic rings. The summed E-state index contributed by atoms with van der Waals surface area (Å²) in [5, 5.41) is 17.8. The van der Waals surface area contributed by atoms with Gasteiger partial charge in [0.25, 0.3) is 0 Å². The zero-order chi connectivity index (χ0) is 15.0. The van der Waals surface area contributed by atoms with Crippen molar-refractivity contribution < 1.29 is 0 Å². The van der Waals surface area contributed by atoms with E-state index in [-0.39, 0.29) is 5.57 Å². The number of rotatable bonds is 5. The highest BCUT2D eigenvalue weighted by Crippen LogP contribution is 2.22. The Labute approximate surface area is 125 Å². The maximum Gasteiger partial charge on any atom is 0.129 e. The number of allylic oxidation sites excluding steroid dienone is 3. The second-order valence-corrected chi connectivity index (χ2v) is 4.44. The summed E-state index contributed by atoms with van der Waals surface area (Å²) in [6, 6.07) is 11.5. The lowest BCUT2D eigenvalue weighted by atomic mass is 10.1. The van der Waals surface area contributed by atoms with Gasteiger partial charge in [-0.05, 0) is 43.7 Å². The number of hydrogen-bond acceptors (Lipinski definition) is 3. The third-order valence-corrected chi connectivity index (χ3v) is 3.25. The first-order valence-electron chi connectivity index (χ1n) is 6.39. The van der Waals surface area contributed by atoms with Gasteiger partial charge in [-0.2, -0.15) is 10.5 Å². The first kappa shape index (κ1) is 15.8. The molecule has 0 aliphatic carbocycles. The molecule has 0 unspecified atom stereocenters. The molecule has 102 valence electrons. The Bertz CT molecular complexity index is 566. The molecule has 0 saturated heterocycles. The second kappa shape index (κ2) is 8.04. The Kier molecular flexibility index (Phi) is 6.37. The largest absolute Gasteiger partial charge is 0.372 e. The summed E-state index contributed by atoms with van der Waals surface area (Å²) in [7, 11) is 0. The molecule has 1 aromatic rings. The molecule has 0 saturated carbocycles. The van der Waals surface area contributed by atoms with Crippen LogP contribution in [0.25, 0.3) is 5.03 Å². The number of anilines is 1. The number of halogens is 1. The van der Waals surface area contributed by atoms with Crippen LogP contribution in [0.5, 0.6) is 0 Å². The van der Waals surface area contributed by atoms with E-state index >= 15 is 0 Å². The van der Waals surface area contributed by atoms with E-state index in [2.05, 4.69) is 18.7 Å². The summed E-state index contributed by atoms with van der Waals surface area (Å²) in [6.45, 7) is 6.13. The second-order valence-electron chi connectivity index (χ2n) is 4.04. The SMILES string of the molecule is CCN(CC)c1ccc(/C(Cl)=C/C=C(C#N)C#N)cc1. The monoisotopic (exact) mass is 285 g/mol. The third kappa shape index (κ3) is 4.16. The lowest BCUT2D eigenvalue weighted by Crippen LogP contribution is -2.21. The first-order valence-corrected chi connectivity index (χ1v) is 6.77. The van der Waals surface area contributed by atoms with E-state index in [0.717, 1.165) is 24.3 Å². The lowest BCUT2D eigenvalue weighted by Gasteiger charge is -2.21. The Balaban J connectivity index is 2.94. The van der Waals surface area contributed by atoms with Gasteiger partial charge in [0, 0.05) is 23.8 Å². The van der Waals surface area contributed by atoms with Crippen molar-refractivity contribution in [3.63, 3.8) is 0 Å². The summed E-state index contributed by atoms with van der Waals surface area (Å²) in [5.74, 6) is 0. The molecular weight excluding hydrogens is 270 g/mol. The summed E-state index contributed by atoms with van der Waals surface area (Å²) in [4.78, 5) is 2.24. The molecule has 0 aromatic heterocycles. The molecule has 0 bridgehead atoms. The molecule has 4 heteroatoms. The molecule has 0 amide bonds. The number of hydrogen-bond donors (Lipinski definition) is 0. The molecule has 3 nitrogen and oxygen atoms in total. The number of nitriles is 2. The van der Waals surface area contributed by atoms with Crippen LogP contribution >= 0.6 is 11.6 Å². The van der Waals surface area contributed by atoms with Crippen LogP contribution < -0.4 is 4.90 Å². The van der Waals surface area contributed by atoms with Crippen LogP contribution in [0.1, 0.15) is 19.4 Å². The predicted molar refractivity (Wildman–Crippen MR) is 83.1 cm³/mol. The van der Waals surface area contributed by atoms with Crippen molar-refractivity contribution in [3.8, 4) is 12.1 Å². The fourth-order valence-electron chi connectivity index (χ4n) is 1.77. The van der Waals surface area contributed by atoms with E-state index in [0.29, 0.717) is 5.03 Å². The molecule has 20 heavy (non-hydrogen) atoms. The molecule has 1 aromatic carbocycles. The maximum absolute atomic E-state index is 8.64. The molecule has 1 rings (SSSR count). The van der Waals surface area contributed by atoms with E-state index in [4.69, 9.17) is 22.1 Å². The fourth-order valence-corrected chi connectivity index (χ4v) is 1.96. The van der Waals surface area contributed by atoms with Crippen molar-refractivity contribution in [2.45, 2.75) is 13.8 Å². The van der Waals surface area contributed by atoms with E-state index in [1.165, 1.54) is 6.08 Å². The van der Waals surface area contributed by atoms with E-state index in [1.54, 1.807) is 18.2 Å². The van der Waals surface area contributed by atoms with Gasteiger partial charge in [0.1, 0.15) is 17.7 Å². The van der Waals surface area contributed by atoms with Gasteiger partial charge in [0.05, 0.1) is 0 Å². The van der Waals surface area contributed by atoms with E-state index in [1.807, 2.05) is 24.3 Å².